The van der Waals surface area contributed by atoms with Gasteiger partial charge in [-0.15, -0.1) is 0 Å². The van der Waals surface area contributed by atoms with Crippen molar-refractivity contribution in [2.75, 3.05) is 6.61 Å². The van der Waals surface area contributed by atoms with Crippen LogP contribution in [0.1, 0.15) is 20.8 Å². The van der Waals surface area contributed by atoms with Gasteiger partial charge in [-0.25, -0.2) is 0 Å². The Kier molecular flexibility index (Phi) is 4.31. The zero-order valence-electron chi connectivity index (χ0n) is 8.26. The van der Waals surface area contributed by atoms with Gasteiger partial charge in [0.15, 0.2) is 0 Å². The van der Waals surface area contributed by atoms with Crippen molar-refractivity contribution in [1.82, 2.24) is 0 Å². The Balaban J connectivity index is 3.88. The van der Waals surface area contributed by atoms with Crippen LogP contribution in [0.15, 0.2) is 0 Å². The highest BCUT2D eigenvalue weighted by molar-refractivity contribution is 6.10. The molecule has 0 spiro atoms. The van der Waals surface area contributed by atoms with E-state index in [1.807, 2.05) is 21.7 Å². The molecular formula is C8H17BO3. The standard InChI is InChI=1S/C8H17BO3/c1-6(10)4-12-7(11)8(2,3)5-9/h6,10H,4-5,9H2,1-3H3. The quantitative estimate of drug-likeness (QED) is 0.479. The van der Waals surface area contributed by atoms with Gasteiger partial charge in [0.25, 0.3) is 0 Å². The number of carbonyl (C=O) groups excluding carboxylic acids is 1. The van der Waals surface area contributed by atoms with E-state index in [4.69, 9.17) is 9.84 Å². The predicted molar refractivity (Wildman–Crippen MR) is 49.8 cm³/mol. The van der Waals surface area contributed by atoms with E-state index in [1.165, 1.54) is 0 Å². The molecule has 1 N–H and O–H groups in total. The Morgan fingerprint density at radius 3 is 2.50 bits per heavy atom. The molecule has 0 aromatic rings. The fourth-order valence-electron chi connectivity index (χ4n) is 0.536. The highest BCUT2D eigenvalue weighted by atomic mass is 16.5. The predicted octanol–water partition coefficient (Wildman–Crippen LogP) is -0.0120. The Labute approximate surface area is 74.5 Å². The van der Waals surface area contributed by atoms with Crippen molar-refractivity contribution < 1.29 is 14.6 Å². The van der Waals surface area contributed by atoms with E-state index < -0.39 is 11.5 Å². The van der Waals surface area contributed by atoms with Crippen molar-refractivity contribution >= 4 is 13.8 Å². The lowest BCUT2D eigenvalue weighted by molar-refractivity contribution is -0.155. The average Bonchev–Trinajstić information content (AvgIpc) is 2.00. The fraction of sp³-hybridized carbons (Fsp3) is 0.875. The van der Waals surface area contributed by atoms with Crippen LogP contribution in [0.2, 0.25) is 6.32 Å². The van der Waals surface area contributed by atoms with Crippen molar-refractivity contribution in [1.29, 1.82) is 0 Å². The highest BCUT2D eigenvalue weighted by Gasteiger charge is 2.26. The molecule has 0 aliphatic heterocycles. The summed E-state index contributed by atoms with van der Waals surface area (Å²) >= 11 is 0. The molecule has 0 aliphatic carbocycles. The van der Waals surface area contributed by atoms with Gasteiger partial charge in [-0.2, -0.15) is 0 Å². The summed E-state index contributed by atoms with van der Waals surface area (Å²) in [6.45, 7) is 5.34. The second kappa shape index (κ2) is 4.50. The molecule has 0 aromatic carbocycles. The van der Waals surface area contributed by atoms with E-state index in [9.17, 15) is 4.79 Å². The molecule has 70 valence electrons. The first-order valence-corrected chi connectivity index (χ1v) is 4.25. The summed E-state index contributed by atoms with van der Waals surface area (Å²) in [5.74, 6) is -0.245. The molecule has 3 nitrogen and oxygen atoms in total. The minimum Gasteiger partial charge on any atom is -0.463 e. The van der Waals surface area contributed by atoms with Crippen LogP contribution in [0.25, 0.3) is 0 Å². The van der Waals surface area contributed by atoms with Crippen molar-refractivity contribution in [2.24, 2.45) is 5.41 Å². The Hall–Kier alpha value is -0.505. The summed E-state index contributed by atoms with van der Waals surface area (Å²) in [6, 6.07) is 0. The normalized spacial score (nSPS) is 14.0. The van der Waals surface area contributed by atoms with Crippen LogP contribution in [-0.4, -0.2) is 31.6 Å². The van der Waals surface area contributed by atoms with Gasteiger partial charge in [0.05, 0.1) is 11.5 Å². The van der Waals surface area contributed by atoms with Crippen LogP contribution in [0.4, 0.5) is 0 Å². The first-order valence-electron chi connectivity index (χ1n) is 4.25. The lowest BCUT2D eigenvalue weighted by Gasteiger charge is -2.20. The van der Waals surface area contributed by atoms with E-state index in [0.29, 0.717) is 0 Å². The number of carbonyl (C=O) groups is 1. The summed E-state index contributed by atoms with van der Waals surface area (Å²) in [6.07, 6.45) is 0.160. The molecule has 0 bridgehead atoms. The summed E-state index contributed by atoms with van der Waals surface area (Å²) in [7, 11) is 1.93. The number of aliphatic hydroxyl groups excluding tert-OH is 1. The van der Waals surface area contributed by atoms with Crippen molar-refractivity contribution in [3.05, 3.63) is 0 Å². The van der Waals surface area contributed by atoms with Gasteiger partial charge in [0.2, 0.25) is 0 Å². The van der Waals surface area contributed by atoms with E-state index in [1.54, 1.807) is 6.92 Å². The molecule has 0 amide bonds. The Morgan fingerprint density at radius 2 is 2.17 bits per heavy atom. The average molecular weight is 172 g/mol. The van der Waals surface area contributed by atoms with E-state index in [-0.39, 0.29) is 12.6 Å². The lowest BCUT2D eigenvalue weighted by Crippen LogP contribution is -2.28. The number of ether oxygens (including phenoxy) is 1. The van der Waals surface area contributed by atoms with Gasteiger partial charge < -0.3 is 9.84 Å². The lowest BCUT2D eigenvalue weighted by atomic mass is 9.79. The maximum absolute atomic E-state index is 11.3. The third kappa shape index (κ3) is 3.76. The number of hydrogen-bond acceptors (Lipinski definition) is 3. The second-order valence-electron chi connectivity index (χ2n) is 3.68. The van der Waals surface area contributed by atoms with Crippen LogP contribution in [0.3, 0.4) is 0 Å². The first kappa shape index (κ1) is 11.5. The molecule has 0 saturated heterocycles. The van der Waals surface area contributed by atoms with Crippen LogP contribution in [-0.2, 0) is 9.53 Å². The number of rotatable bonds is 4. The first-order chi connectivity index (χ1) is 5.40. The third-order valence-corrected chi connectivity index (χ3v) is 1.89. The summed E-state index contributed by atoms with van der Waals surface area (Å²) in [5.41, 5.74) is -0.436. The highest BCUT2D eigenvalue weighted by Crippen LogP contribution is 2.20. The Bertz CT molecular complexity index is 154. The number of hydrogen-bond donors (Lipinski definition) is 1. The SMILES string of the molecule is BCC(C)(C)C(=O)OCC(C)O. The summed E-state index contributed by atoms with van der Waals surface area (Å²) < 4.78 is 4.87. The smallest absolute Gasteiger partial charge is 0.310 e. The minimum absolute atomic E-state index is 0.0856. The van der Waals surface area contributed by atoms with Crippen LogP contribution in [0.5, 0.6) is 0 Å². The topological polar surface area (TPSA) is 46.5 Å². The molecule has 0 rings (SSSR count). The number of esters is 1. The molecule has 12 heavy (non-hydrogen) atoms. The van der Waals surface area contributed by atoms with Gasteiger partial charge >= 0.3 is 5.97 Å². The largest absolute Gasteiger partial charge is 0.463 e. The van der Waals surface area contributed by atoms with E-state index in [0.717, 1.165) is 6.32 Å². The van der Waals surface area contributed by atoms with E-state index >= 15 is 0 Å². The zero-order valence-corrected chi connectivity index (χ0v) is 8.26. The van der Waals surface area contributed by atoms with Gasteiger partial charge in [-0.3, -0.25) is 4.79 Å². The molecular weight excluding hydrogens is 155 g/mol. The molecule has 4 heteroatoms. The maximum atomic E-state index is 11.3. The molecule has 0 aromatic heterocycles. The van der Waals surface area contributed by atoms with Gasteiger partial charge in [-0.1, -0.05) is 20.2 Å². The van der Waals surface area contributed by atoms with Gasteiger partial charge in [0, 0.05) is 0 Å². The monoisotopic (exact) mass is 172 g/mol. The molecule has 0 radical (unpaired) electrons. The fourth-order valence-corrected chi connectivity index (χ4v) is 0.536. The molecule has 0 saturated carbocycles. The van der Waals surface area contributed by atoms with Crippen molar-refractivity contribution in [2.45, 2.75) is 33.2 Å². The van der Waals surface area contributed by atoms with E-state index in [2.05, 4.69) is 0 Å². The second-order valence-corrected chi connectivity index (χ2v) is 3.68. The Morgan fingerprint density at radius 1 is 1.67 bits per heavy atom. The van der Waals surface area contributed by atoms with Crippen LogP contribution in [0, 0.1) is 5.41 Å². The van der Waals surface area contributed by atoms with Crippen LogP contribution >= 0.6 is 0 Å². The number of aliphatic hydroxyl groups is 1. The summed E-state index contributed by atoms with van der Waals surface area (Å²) in [5, 5.41) is 8.86. The zero-order chi connectivity index (χ0) is 9.78. The van der Waals surface area contributed by atoms with Crippen molar-refractivity contribution in [3.63, 3.8) is 0 Å². The molecule has 0 fully saturated rings. The third-order valence-electron chi connectivity index (χ3n) is 1.89. The molecule has 0 heterocycles. The minimum atomic E-state index is -0.582. The van der Waals surface area contributed by atoms with Crippen LogP contribution < -0.4 is 0 Å². The van der Waals surface area contributed by atoms with Gasteiger partial charge in [0.1, 0.15) is 14.5 Å². The molecule has 0 aliphatic rings. The molecule has 1 atom stereocenters. The molecule has 1 unspecified atom stereocenters. The van der Waals surface area contributed by atoms with Crippen molar-refractivity contribution in [3.8, 4) is 0 Å². The maximum Gasteiger partial charge on any atom is 0.310 e. The summed E-state index contributed by atoms with van der Waals surface area (Å²) in [4.78, 5) is 11.3. The van der Waals surface area contributed by atoms with Gasteiger partial charge in [-0.05, 0) is 6.92 Å².